The zero-order valence-corrected chi connectivity index (χ0v) is 16.7. The molecule has 21 heavy (non-hydrogen) atoms. The first-order valence-corrected chi connectivity index (χ1v) is 11.7. The lowest BCUT2D eigenvalue weighted by molar-refractivity contribution is 0.594. The van der Waals surface area contributed by atoms with Crippen LogP contribution in [0, 0.1) is 0 Å². The standard InChI is InChI=1S/C20H43P/c1-6-11-16-19(14-9-4)21(18-13-8-3)20(15-10-5)17-12-7-2/h19-20H,6-18H2,1-5H3. The summed E-state index contributed by atoms with van der Waals surface area (Å²) in [5.41, 5.74) is 2.15. The fraction of sp³-hybridized carbons (Fsp3) is 1.00. The maximum atomic E-state index is 2.40. The van der Waals surface area contributed by atoms with Crippen LogP contribution in [0.4, 0.5) is 0 Å². The minimum Gasteiger partial charge on any atom is -0.100 e. The quantitative estimate of drug-likeness (QED) is 0.269. The Morgan fingerprint density at radius 3 is 1.29 bits per heavy atom. The van der Waals surface area contributed by atoms with E-state index in [1.807, 2.05) is 0 Å². The van der Waals surface area contributed by atoms with Crippen molar-refractivity contribution in [2.45, 2.75) is 123 Å². The zero-order valence-electron chi connectivity index (χ0n) is 15.8. The van der Waals surface area contributed by atoms with Gasteiger partial charge in [0.05, 0.1) is 0 Å². The summed E-state index contributed by atoms with van der Waals surface area (Å²) >= 11 is 0. The molecule has 0 N–H and O–H groups in total. The Kier molecular flexibility index (Phi) is 15.6. The van der Waals surface area contributed by atoms with Crippen LogP contribution in [0.15, 0.2) is 0 Å². The maximum Gasteiger partial charge on any atom is -0.0207 e. The van der Waals surface area contributed by atoms with Crippen LogP contribution in [0.3, 0.4) is 0 Å². The van der Waals surface area contributed by atoms with E-state index in [2.05, 4.69) is 34.6 Å². The third kappa shape index (κ3) is 9.93. The van der Waals surface area contributed by atoms with Crippen LogP contribution in [0.25, 0.3) is 0 Å². The van der Waals surface area contributed by atoms with Crippen LogP contribution in [-0.2, 0) is 0 Å². The average molecular weight is 315 g/mol. The highest BCUT2D eigenvalue weighted by Crippen LogP contribution is 2.53. The van der Waals surface area contributed by atoms with Crippen LogP contribution in [0.2, 0.25) is 0 Å². The summed E-state index contributed by atoms with van der Waals surface area (Å²) < 4.78 is 0. The summed E-state index contributed by atoms with van der Waals surface area (Å²) in [5.74, 6) is 0. The summed E-state index contributed by atoms with van der Waals surface area (Å²) in [6.45, 7) is 11.9. The molecule has 0 bridgehead atoms. The van der Waals surface area contributed by atoms with Gasteiger partial charge in [0.25, 0.3) is 0 Å². The number of rotatable bonds is 15. The number of hydrogen-bond donors (Lipinski definition) is 0. The Morgan fingerprint density at radius 2 is 0.952 bits per heavy atom. The lowest BCUT2D eigenvalue weighted by Crippen LogP contribution is -2.18. The lowest BCUT2D eigenvalue weighted by Gasteiger charge is -2.35. The van der Waals surface area contributed by atoms with Gasteiger partial charge >= 0.3 is 0 Å². The first-order valence-electron chi connectivity index (χ1n) is 10.0. The normalized spacial score (nSPS) is 15.9. The molecule has 2 unspecified atom stereocenters. The lowest BCUT2D eigenvalue weighted by atomic mass is 10.1. The van der Waals surface area contributed by atoms with E-state index in [1.165, 1.54) is 77.0 Å². The molecular weight excluding hydrogens is 271 g/mol. The first kappa shape index (κ1) is 21.4. The van der Waals surface area contributed by atoms with Gasteiger partial charge in [-0.3, -0.25) is 0 Å². The summed E-state index contributed by atoms with van der Waals surface area (Å²) in [7, 11) is 0.272. The Balaban J connectivity index is 4.84. The van der Waals surface area contributed by atoms with E-state index < -0.39 is 0 Å². The van der Waals surface area contributed by atoms with Crippen LogP contribution < -0.4 is 0 Å². The second-order valence-corrected chi connectivity index (χ2v) is 9.70. The molecule has 0 spiro atoms. The zero-order chi connectivity index (χ0) is 15.9. The summed E-state index contributed by atoms with van der Waals surface area (Å²) in [4.78, 5) is 0. The highest BCUT2D eigenvalue weighted by Gasteiger charge is 2.26. The Hall–Kier alpha value is 0.430. The molecule has 0 aliphatic heterocycles. The van der Waals surface area contributed by atoms with Crippen molar-refractivity contribution in [2.24, 2.45) is 0 Å². The van der Waals surface area contributed by atoms with Crippen molar-refractivity contribution in [1.82, 2.24) is 0 Å². The van der Waals surface area contributed by atoms with Gasteiger partial charge in [-0.15, -0.1) is 7.92 Å². The highest BCUT2D eigenvalue weighted by molar-refractivity contribution is 7.59. The topological polar surface area (TPSA) is 0 Å². The summed E-state index contributed by atoms with van der Waals surface area (Å²) in [5, 5.41) is 0. The molecular formula is C20H43P. The molecule has 0 aromatic heterocycles. The van der Waals surface area contributed by atoms with Crippen molar-refractivity contribution in [3.8, 4) is 0 Å². The van der Waals surface area contributed by atoms with E-state index >= 15 is 0 Å². The second kappa shape index (κ2) is 15.3. The third-order valence-electron chi connectivity index (χ3n) is 4.73. The molecule has 0 amide bonds. The second-order valence-electron chi connectivity index (χ2n) is 6.76. The predicted molar refractivity (Wildman–Crippen MR) is 103 cm³/mol. The molecule has 0 nitrogen and oxygen atoms in total. The Labute approximate surface area is 137 Å². The molecule has 0 radical (unpaired) electrons. The molecule has 0 aromatic carbocycles. The van der Waals surface area contributed by atoms with Gasteiger partial charge in [-0.2, -0.15) is 0 Å². The Bertz CT molecular complexity index is 184. The van der Waals surface area contributed by atoms with Crippen molar-refractivity contribution in [3.05, 3.63) is 0 Å². The molecule has 0 saturated heterocycles. The van der Waals surface area contributed by atoms with Gasteiger partial charge in [0.2, 0.25) is 0 Å². The summed E-state index contributed by atoms with van der Waals surface area (Å²) in [6, 6.07) is 0. The maximum absolute atomic E-state index is 2.40. The van der Waals surface area contributed by atoms with E-state index in [4.69, 9.17) is 0 Å². The largest absolute Gasteiger partial charge is 0.100 e. The third-order valence-corrected chi connectivity index (χ3v) is 8.47. The molecule has 1 heteroatoms. The monoisotopic (exact) mass is 314 g/mol. The summed E-state index contributed by atoms with van der Waals surface area (Å²) in [6.07, 6.45) is 18.9. The van der Waals surface area contributed by atoms with Crippen molar-refractivity contribution in [3.63, 3.8) is 0 Å². The van der Waals surface area contributed by atoms with Gasteiger partial charge in [-0.25, -0.2) is 0 Å². The van der Waals surface area contributed by atoms with Crippen LogP contribution in [-0.4, -0.2) is 17.5 Å². The fourth-order valence-corrected chi connectivity index (χ4v) is 7.72. The van der Waals surface area contributed by atoms with Gasteiger partial charge in [0, 0.05) is 0 Å². The van der Waals surface area contributed by atoms with E-state index in [9.17, 15) is 0 Å². The van der Waals surface area contributed by atoms with Gasteiger partial charge in [-0.1, -0.05) is 79.6 Å². The van der Waals surface area contributed by atoms with Crippen molar-refractivity contribution in [1.29, 1.82) is 0 Å². The van der Waals surface area contributed by atoms with Crippen molar-refractivity contribution >= 4 is 7.92 Å². The van der Waals surface area contributed by atoms with Crippen LogP contribution in [0.5, 0.6) is 0 Å². The van der Waals surface area contributed by atoms with E-state index in [-0.39, 0.29) is 7.92 Å². The fourth-order valence-electron chi connectivity index (χ4n) is 3.50. The predicted octanol–water partition coefficient (Wildman–Crippen LogP) is 7.99. The number of hydrogen-bond acceptors (Lipinski definition) is 0. The minimum absolute atomic E-state index is 0.272. The van der Waals surface area contributed by atoms with E-state index in [0.717, 1.165) is 11.3 Å². The molecule has 2 atom stereocenters. The molecule has 0 rings (SSSR count). The van der Waals surface area contributed by atoms with E-state index in [1.54, 1.807) is 6.16 Å². The van der Waals surface area contributed by atoms with Crippen molar-refractivity contribution < 1.29 is 0 Å². The molecule has 0 aliphatic carbocycles. The molecule has 0 aromatic rings. The highest BCUT2D eigenvalue weighted by atomic mass is 31.1. The Morgan fingerprint density at radius 1 is 0.524 bits per heavy atom. The van der Waals surface area contributed by atoms with E-state index in [0.29, 0.717) is 0 Å². The molecule has 0 fully saturated rings. The molecule has 0 aliphatic rings. The average Bonchev–Trinajstić information content (AvgIpc) is 2.50. The van der Waals surface area contributed by atoms with Crippen LogP contribution in [0.1, 0.15) is 112 Å². The SMILES string of the molecule is CCCCC(CCC)P(CCCC)C(CCC)CCCC. The molecule has 0 saturated carbocycles. The smallest absolute Gasteiger partial charge is 0.0207 e. The van der Waals surface area contributed by atoms with Gasteiger partial charge in [0.1, 0.15) is 0 Å². The van der Waals surface area contributed by atoms with Crippen molar-refractivity contribution in [2.75, 3.05) is 6.16 Å². The number of unbranched alkanes of at least 4 members (excludes halogenated alkanes) is 3. The van der Waals surface area contributed by atoms with Gasteiger partial charge in [0.15, 0.2) is 0 Å². The molecule has 0 heterocycles. The van der Waals surface area contributed by atoms with Crippen LogP contribution >= 0.6 is 7.92 Å². The van der Waals surface area contributed by atoms with Gasteiger partial charge < -0.3 is 0 Å². The van der Waals surface area contributed by atoms with Gasteiger partial charge in [-0.05, 0) is 49.6 Å². The minimum atomic E-state index is 0.272. The molecule has 128 valence electrons. The first-order chi connectivity index (χ1) is 10.2.